The molecule has 3 aromatic rings. The highest BCUT2D eigenvalue weighted by atomic mass is 16.5. The normalized spacial score (nSPS) is 18.9. The van der Waals surface area contributed by atoms with Crippen LogP contribution in [0.1, 0.15) is 19.0 Å². The summed E-state index contributed by atoms with van der Waals surface area (Å²) in [5, 5.41) is 13.7. The second-order valence-electron chi connectivity index (χ2n) is 7.44. The molecule has 0 radical (unpaired) electrons. The van der Waals surface area contributed by atoms with Crippen LogP contribution in [0.3, 0.4) is 0 Å². The summed E-state index contributed by atoms with van der Waals surface area (Å²) < 4.78 is 13.0. The van der Waals surface area contributed by atoms with Crippen LogP contribution in [-0.4, -0.2) is 52.5 Å². The molecule has 0 bridgehead atoms. The number of aliphatic hydroxyl groups excluding tert-OH is 1. The summed E-state index contributed by atoms with van der Waals surface area (Å²) in [6.45, 7) is 2.43. The van der Waals surface area contributed by atoms with Gasteiger partial charge in [0.2, 0.25) is 5.91 Å². The molecule has 8 heteroatoms. The van der Waals surface area contributed by atoms with Crippen molar-refractivity contribution in [1.82, 2.24) is 14.5 Å². The van der Waals surface area contributed by atoms with Crippen molar-refractivity contribution in [3.05, 3.63) is 36.3 Å². The van der Waals surface area contributed by atoms with E-state index in [0.717, 1.165) is 27.9 Å². The number of nitrogens with zero attached hydrogens (tertiary/aromatic N) is 3. The molecule has 4 heterocycles. The van der Waals surface area contributed by atoms with Gasteiger partial charge in [0.1, 0.15) is 11.6 Å². The van der Waals surface area contributed by atoms with E-state index in [4.69, 9.17) is 14.5 Å². The number of hydrogen-bond acceptors (Lipinski definition) is 6. The number of rotatable bonds is 5. The van der Waals surface area contributed by atoms with E-state index in [1.807, 2.05) is 36.0 Å². The Morgan fingerprint density at radius 3 is 2.90 bits per heavy atom. The summed E-state index contributed by atoms with van der Waals surface area (Å²) in [7, 11) is 3.55. The lowest BCUT2D eigenvalue weighted by Crippen LogP contribution is -2.32. The minimum absolute atomic E-state index is 0.0429. The third-order valence-electron chi connectivity index (χ3n) is 5.44. The highest BCUT2D eigenvalue weighted by Gasteiger charge is 2.38. The molecule has 152 valence electrons. The number of pyridine rings is 2. The number of fused-ring (bicyclic) bond motifs is 1. The molecule has 0 spiro atoms. The summed E-state index contributed by atoms with van der Waals surface area (Å²) >= 11 is 0. The van der Waals surface area contributed by atoms with E-state index in [-0.39, 0.29) is 12.5 Å². The largest absolute Gasteiger partial charge is 0.497 e. The average molecular weight is 396 g/mol. The monoisotopic (exact) mass is 396 g/mol. The van der Waals surface area contributed by atoms with Crippen LogP contribution >= 0.6 is 0 Å². The Morgan fingerprint density at radius 2 is 2.24 bits per heavy atom. The molecule has 1 aliphatic rings. The highest BCUT2D eigenvalue weighted by molar-refractivity contribution is 5.98. The first-order valence-corrected chi connectivity index (χ1v) is 9.44. The number of aryl methyl sites for hydroxylation is 1. The number of ether oxygens (including phenoxy) is 2. The zero-order valence-electron chi connectivity index (χ0n) is 16.7. The highest BCUT2D eigenvalue weighted by Crippen LogP contribution is 2.37. The van der Waals surface area contributed by atoms with E-state index < -0.39 is 5.41 Å². The fourth-order valence-corrected chi connectivity index (χ4v) is 3.78. The predicted octanol–water partition coefficient (Wildman–Crippen LogP) is 2.25. The maximum atomic E-state index is 11.4. The minimum Gasteiger partial charge on any atom is -0.497 e. The summed E-state index contributed by atoms with van der Waals surface area (Å²) in [5.74, 6) is 0.969. The number of hydrogen-bond donors (Lipinski definition) is 2. The van der Waals surface area contributed by atoms with Crippen molar-refractivity contribution in [3.8, 4) is 17.0 Å². The molecule has 1 amide bonds. The van der Waals surface area contributed by atoms with Crippen LogP contribution < -0.4 is 10.1 Å². The summed E-state index contributed by atoms with van der Waals surface area (Å²) in [5.41, 5.74) is 2.76. The number of aromatic nitrogens is 3. The van der Waals surface area contributed by atoms with Gasteiger partial charge in [-0.2, -0.15) is 0 Å². The number of carbonyl (C=O) groups excluding carboxylic acids is 1. The van der Waals surface area contributed by atoms with Crippen LogP contribution in [0.15, 0.2) is 30.6 Å². The van der Waals surface area contributed by atoms with Gasteiger partial charge in [-0.3, -0.25) is 9.78 Å². The Hall–Kier alpha value is -2.97. The lowest BCUT2D eigenvalue weighted by Gasteiger charge is -2.25. The number of aliphatic hydroxyl groups is 1. The van der Waals surface area contributed by atoms with Gasteiger partial charge in [-0.15, -0.1) is 0 Å². The van der Waals surface area contributed by atoms with Crippen molar-refractivity contribution in [2.75, 3.05) is 32.2 Å². The average Bonchev–Trinajstić information content (AvgIpc) is 3.33. The third kappa shape index (κ3) is 3.45. The van der Waals surface area contributed by atoms with E-state index in [0.29, 0.717) is 31.2 Å². The second kappa shape index (κ2) is 7.46. The molecule has 4 rings (SSSR count). The SMILES string of the molecule is COc1cc(-c2cn(C)c3cnc(NC(C)=O)cc23)nc(C2(CO)CCOC2)c1. The Bertz CT molecular complexity index is 1070. The molecule has 1 aliphatic heterocycles. The Morgan fingerprint density at radius 1 is 1.41 bits per heavy atom. The molecule has 2 N–H and O–H groups in total. The first kappa shape index (κ1) is 19.4. The fourth-order valence-electron chi connectivity index (χ4n) is 3.78. The van der Waals surface area contributed by atoms with Crippen molar-refractivity contribution in [3.63, 3.8) is 0 Å². The van der Waals surface area contributed by atoms with Gasteiger partial charge < -0.3 is 24.5 Å². The molecule has 1 atom stereocenters. The van der Waals surface area contributed by atoms with Crippen LogP contribution in [0.4, 0.5) is 5.82 Å². The molecule has 1 fully saturated rings. The molecule has 0 aliphatic carbocycles. The van der Waals surface area contributed by atoms with Crippen LogP contribution in [0, 0.1) is 0 Å². The molecule has 0 saturated carbocycles. The van der Waals surface area contributed by atoms with E-state index in [2.05, 4.69) is 10.3 Å². The smallest absolute Gasteiger partial charge is 0.222 e. The van der Waals surface area contributed by atoms with Crippen molar-refractivity contribution < 1.29 is 19.4 Å². The minimum atomic E-state index is -0.531. The Kier molecular flexibility index (Phi) is 4.97. The lowest BCUT2D eigenvalue weighted by atomic mass is 9.84. The molecular formula is C21H24N4O4. The Balaban J connectivity index is 1.89. The third-order valence-corrected chi connectivity index (χ3v) is 5.44. The maximum absolute atomic E-state index is 11.4. The second-order valence-corrected chi connectivity index (χ2v) is 7.44. The van der Waals surface area contributed by atoms with E-state index in [1.54, 1.807) is 13.3 Å². The van der Waals surface area contributed by atoms with Gasteiger partial charge in [-0.25, -0.2) is 4.98 Å². The lowest BCUT2D eigenvalue weighted by molar-refractivity contribution is -0.114. The van der Waals surface area contributed by atoms with E-state index >= 15 is 0 Å². The van der Waals surface area contributed by atoms with Gasteiger partial charge in [-0.05, 0) is 12.5 Å². The molecule has 0 aromatic carbocycles. The topological polar surface area (TPSA) is 98.5 Å². The summed E-state index contributed by atoms with van der Waals surface area (Å²) in [6.07, 6.45) is 4.41. The zero-order chi connectivity index (χ0) is 20.6. The van der Waals surface area contributed by atoms with E-state index in [1.165, 1.54) is 6.92 Å². The maximum Gasteiger partial charge on any atom is 0.222 e. The van der Waals surface area contributed by atoms with Crippen molar-refractivity contribution in [2.24, 2.45) is 7.05 Å². The molecule has 3 aromatic heterocycles. The summed E-state index contributed by atoms with van der Waals surface area (Å²) in [4.78, 5) is 20.6. The van der Waals surface area contributed by atoms with Gasteiger partial charge in [0.25, 0.3) is 0 Å². The molecule has 8 nitrogen and oxygen atoms in total. The van der Waals surface area contributed by atoms with Gasteiger partial charge >= 0.3 is 0 Å². The first-order chi connectivity index (χ1) is 14.0. The van der Waals surface area contributed by atoms with E-state index in [9.17, 15) is 9.90 Å². The number of nitrogens with one attached hydrogen (secondary N) is 1. The van der Waals surface area contributed by atoms with Gasteiger partial charge in [-0.1, -0.05) is 0 Å². The fraction of sp³-hybridized carbons (Fsp3) is 0.381. The van der Waals surface area contributed by atoms with Gasteiger partial charge in [0, 0.05) is 49.9 Å². The molecular weight excluding hydrogens is 372 g/mol. The zero-order valence-corrected chi connectivity index (χ0v) is 16.7. The van der Waals surface area contributed by atoms with Gasteiger partial charge in [0.05, 0.1) is 48.8 Å². The van der Waals surface area contributed by atoms with Gasteiger partial charge in [0.15, 0.2) is 0 Å². The van der Waals surface area contributed by atoms with Crippen molar-refractivity contribution in [1.29, 1.82) is 0 Å². The molecule has 29 heavy (non-hydrogen) atoms. The number of amides is 1. The summed E-state index contributed by atoms with van der Waals surface area (Å²) in [6, 6.07) is 5.58. The van der Waals surface area contributed by atoms with Crippen molar-refractivity contribution >= 4 is 22.6 Å². The molecule has 1 unspecified atom stereocenters. The van der Waals surface area contributed by atoms with Crippen LogP contribution in [0.5, 0.6) is 5.75 Å². The van der Waals surface area contributed by atoms with Crippen LogP contribution in [0.25, 0.3) is 22.2 Å². The van der Waals surface area contributed by atoms with Crippen LogP contribution in [0.2, 0.25) is 0 Å². The van der Waals surface area contributed by atoms with Crippen molar-refractivity contribution in [2.45, 2.75) is 18.8 Å². The Labute approximate surface area is 168 Å². The quantitative estimate of drug-likeness (QED) is 0.686. The predicted molar refractivity (Wildman–Crippen MR) is 109 cm³/mol. The first-order valence-electron chi connectivity index (χ1n) is 9.44. The standard InChI is InChI=1S/C21H24N4O4/c1-13(27)23-20-8-15-16(10-25(2)18(15)9-22-20)17-6-14(28-3)7-19(24-17)21(11-26)4-5-29-12-21/h6-10,26H,4-5,11-12H2,1-3H3,(H,22,23,27). The molecule has 1 saturated heterocycles. The number of methoxy groups -OCH3 is 1. The number of carbonyl (C=O) groups is 1. The number of anilines is 1. The van der Waals surface area contributed by atoms with Crippen LogP contribution in [-0.2, 0) is 22.0 Å².